The number of aromatic nitrogens is 3. The molecule has 0 saturated carbocycles. The van der Waals surface area contributed by atoms with Crippen molar-refractivity contribution >= 4 is 17.8 Å². The number of fused-ring (bicyclic) bond motifs is 1. The Morgan fingerprint density at radius 1 is 1.05 bits per heavy atom. The normalized spacial score (nSPS) is 19.6. The van der Waals surface area contributed by atoms with E-state index in [4.69, 9.17) is 0 Å². The van der Waals surface area contributed by atoms with E-state index in [1.165, 1.54) is 12.1 Å². The minimum atomic E-state index is -4.96. The predicted molar refractivity (Wildman–Crippen MR) is 129 cm³/mol. The van der Waals surface area contributed by atoms with Crippen molar-refractivity contribution in [3.05, 3.63) is 59.7 Å². The Hall–Kier alpha value is -3.93. The summed E-state index contributed by atoms with van der Waals surface area (Å²) in [6, 6.07) is 13.1. The van der Waals surface area contributed by atoms with Crippen LogP contribution in [0.15, 0.2) is 48.5 Å². The molecule has 37 heavy (non-hydrogen) atoms. The molecular formula is C25H25F3N6O3. The van der Waals surface area contributed by atoms with Crippen molar-refractivity contribution in [1.82, 2.24) is 20.3 Å². The van der Waals surface area contributed by atoms with Gasteiger partial charge in [0.05, 0.1) is 12.6 Å². The molecule has 9 nitrogen and oxygen atoms in total. The number of phenolic OH excluding ortho intramolecular Hbond substituents is 1. The maximum atomic E-state index is 12.7. The van der Waals surface area contributed by atoms with Gasteiger partial charge in [0.2, 0.25) is 11.9 Å². The summed E-state index contributed by atoms with van der Waals surface area (Å²) in [5, 5.41) is 22.3. The number of carbonyl (C=O) groups is 1. The van der Waals surface area contributed by atoms with Crippen LogP contribution in [0, 0.1) is 0 Å². The molecule has 1 saturated heterocycles. The van der Waals surface area contributed by atoms with Crippen LogP contribution < -0.4 is 15.1 Å². The third kappa shape index (κ3) is 5.15. The van der Waals surface area contributed by atoms with Gasteiger partial charge in [-0.05, 0) is 36.1 Å². The summed E-state index contributed by atoms with van der Waals surface area (Å²) in [5.41, 5.74) is 2.63. The van der Waals surface area contributed by atoms with Crippen LogP contribution in [-0.2, 0) is 11.2 Å². The van der Waals surface area contributed by atoms with E-state index in [1.807, 2.05) is 34.5 Å². The fourth-order valence-electron chi connectivity index (χ4n) is 4.81. The number of benzene rings is 2. The molecule has 3 N–H and O–H groups in total. The zero-order valence-electron chi connectivity index (χ0n) is 19.7. The van der Waals surface area contributed by atoms with Crippen molar-refractivity contribution in [3.63, 3.8) is 0 Å². The number of nitrogens with one attached hydrogen (secondary N) is 1. The van der Waals surface area contributed by atoms with Crippen LogP contribution in [-0.4, -0.2) is 69.5 Å². The lowest BCUT2D eigenvalue weighted by molar-refractivity contribution is -0.174. The highest BCUT2D eigenvalue weighted by atomic mass is 19.4. The maximum Gasteiger partial charge on any atom is 0.471 e. The molecule has 0 bridgehead atoms. The van der Waals surface area contributed by atoms with Gasteiger partial charge in [-0.3, -0.25) is 4.79 Å². The Labute approximate surface area is 210 Å². The summed E-state index contributed by atoms with van der Waals surface area (Å²) in [4.78, 5) is 28.8. The molecule has 2 aliphatic rings. The number of carbonyl (C=O) groups excluding carboxylic acids is 1. The van der Waals surface area contributed by atoms with Gasteiger partial charge >= 0.3 is 12.1 Å². The second-order valence-electron chi connectivity index (χ2n) is 9.05. The van der Waals surface area contributed by atoms with Crippen molar-refractivity contribution in [2.45, 2.75) is 31.1 Å². The molecule has 0 spiro atoms. The zero-order chi connectivity index (χ0) is 26.2. The minimum Gasteiger partial charge on any atom is -0.508 e. The highest BCUT2D eigenvalue weighted by Crippen LogP contribution is 2.34. The quantitative estimate of drug-likeness (QED) is 0.476. The number of aliphatic hydroxyl groups is 1. The first-order chi connectivity index (χ1) is 17.7. The molecule has 3 aromatic rings. The number of hydrogen-bond donors (Lipinski definition) is 3. The van der Waals surface area contributed by atoms with E-state index in [2.05, 4.69) is 15.0 Å². The van der Waals surface area contributed by atoms with E-state index >= 15 is 0 Å². The van der Waals surface area contributed by atoms with E-state index in [-0.39, 0.29) is 30.7 Å². The topological polar surface area (TPSA) is 115 Å². The number of hydrogen-bond acceptors (Lipinski definition) is 8. The number of amides is 1. The van der Waals surface area contributed by atoms with Gasteiger partial charge in [0, 0.05) is 31.2 Å². The summed E-state index contributed by atoms with van der Waals surface area (Å²) in [6.07, 6.45) is -3.95. The molecule has 3 heterocycles. The molecule has 2 aliphatic heterocycles. The molecule has 0 aliphatic carbocycles. The number of nitrogens with zero attached hydrogens (tertiary/aromatic N) is 5. The lowest BCUT2D eigenvalue weighted by Crippen LogP contribution is -2.44. The van der Waals surface area contributed by atoms with Crippen LogP contribution in [0.5, 0.6) is 5.75 Å². The summed E-state index contributed by atoms with van der Waals surface area (Å²) >= 11 is 0. The molecule has 5 rings (SSSR count). The average molecular weight is 515 g/mol. The number of rotatable bonds is 5. The van der Waals surface area contributed by atoms with Gasteiger partial charge in [0.15, 0.2) is 5.82 Å². The highest BCUT2D eigenvalue weighted by molar-refractivity contribution is 5.82. The highest BCUT2D eigenvalue weighted by Gasteiger charge is 2.41. The first-order valence-corrected chi connectivity index (χ1v) is 11.9. The molecule has 194 valence electrons. The monoisotopic (exact) mass is 514 g/mol. The number of aliphatic hydroxyl groups excluding tert-OH is 1. The Kier molecular flexibility index (Phi) is 6.59. The number of halogens is 3. The smallest absolute Gasteiger partial charge is 0.471 e. The molecule has 1 amide bonds. The Balaban J connectivity index is 1.50. The first-order valence-electron chi connectivity index (χ1n) is 11.9. The van der Waals surface area contributed by atoms with Gasteiger partial charge in [0.1, 0.15) is 5.75 Å². The van der Waals surface area contributed by atoms with Crippen LogP contribution >= 0.6 is 0 Å². The van der Waals surface area contributed by atoms with E-state index in [0.29, 0.717) is 37.4 Å². The van der Waals surface area contributed by atoms with Crippen LogP contribution in [0.1, 0.15) is 23.6 Å². The van der Waals surface area contributed by atoms with Gasteiger partial charge in [-0.15, -0.1) is 0 Å². The van der Waals surface area contributed by atoms with E-state index in [0.717, 1.165) is 11.1 Å². The van der Waals surface area contributed by atoms with Gasteiger partial charge in [-0.2, -0.15) is 28.1 Å². The predicted octanol–water partition coefficient (Wildman–Crippen LogP) is 2.60. The molecule has 12 heteroatoms. The van der Waals surface area contributed by atoms with Crippen molar-refractivity contribution < 1.29 is 28.2 Å². The van der Waals surface area contributed by atoms with Crippen LogP contribution in [0.4, 0.5) is 25.1 Å². The summed E-state index contributed by atoms with van der Waals surface area (Å²) in [6.45, 7) is 0.791. The Bertz CT molecular complexity index is 1300. The molecule has 2 aromatic carbocycles. The average Bonchev–Trinajstić information content (AvgIpc) is 3.35. The van der Waals surface area contributed by atoms with E-state index in [9.17, 15) is 28.2 Å². The molecule has 1 unspecified atom stereocenters. The Morgan fingerprint density at radius 3 is 2.59 bits per heavy atom. The van der Waals surface area contributed by atoms with Crippen LogP contribution in [0.3, 0.4) is 0 Å². The third-order valence-electron chi connectivity index (χ3n) is 6.62. The van der Waals surface area contributed by atoms with Crippen LogP contribution in [0.25, 0.3) is 11.4 Å². The molecular weight excluding hydrogens is 489 g/mol. The van der Waals surface area contributed by atoms with Gasteiger partial charge in [-0.25, -0.2) is 0 Å². The largest absolute Gasteiger partial charge is 0.508 e. The lowest BCUT2D eigenvalue weighted by Gasteiger charge is -2.36. The third-order valence-corrected chi connectivity index (χ3v) is 6.62. The van der Waals surface area contributed by atoms with E-state index in [1.54, 1.807) is 17.0 Å². The lowest BCUT2D eigenvalue weighted by atomic mass is 9.93. The molecule has 1 aromatic heterocycles. The summed E-state index contributed by atoms with van der Waals surface area (Å²) < 4.78 is 38.2. The maximum absolute atomic E-state index is 12.7. The Morgan fingerprint density at radius 2 is 1.84 bits per heavy atom. The minimum absolute atomic E-state index is 0.0252. The van der Waals surface area contributed by atoms with Crippen molar-refractivity contribution in [1.29, 1.82) is 0 Å². The standard InChI is InChI=1S/C25H25F3N6O3/c26-25(27,28)22(37)29-17-9-10-33(13-17)23-30-21(16-5-3-6-18(36)12-16)31-24(32-23)34-11-8-15-4-1-2-7-19(15)20(34)14-35/h1-7,12,17,20,35-36H,8-11,13-14H2,(H,29,37)/t17?,20-/m0/s1. The summed E-state index contributed by atoms with van der Waals surface area (Å²) in [5.74, 6) is -1.14. The zero-order valence-corrected chi connectivity index (χ0v) is 19.7. The van der Waals surface area contributed by atoms with Crippen LogP contribution in [0.2, 0.25) is 0 Å². The van der Waals surface area contributed by atoms with E-state index < -0.39 is 24.2 Å². The van der Waals surface area contributed by atoms with Crippen molar-refractivity contribution in [2.75, 3.05) is 36.0 Å². The summed E-state index contributed by atoms with van der Waals surface area (Å²) in [7, 11) is 0. The molecule has 1 fully saturated rings. The number of anilines is 2. The second kappa shape index (κ2) is 9.85. The number of phenols is 1. The van der Waals surface area contributed by atoms with Crippen molar-refractivity contribution in [2.24, 2.45) is 0 Å². The number of alkyl halides is 3. The van der Waals surface area contributed by atoms with Gasteiger partial charge < -0.3 is 25.3 Å². The number of aromatic hydroxyl groups is 1. The SMILES string of the molecule is O=C(NC1CCN(c2nc(-c3cccc(O)c3)nc(N3CCc4ccccc4[C@@H]3CO)n2)C1)C(F)(F)F. The molecule has 0 radical (unpaired) electrons. The fourth-order valence-corrected chi connectivity index (χ4v) is 4.81. The van der Waals surface area contributed by atoms with Gasteiger partial charge in [-0.1, -0.05) is 36.4 Å². The fraction of sp³-hybridized carbons (Fsp3) is 0.360. The molecule has 2 atom stereocenters. The van der Waals surface area contributed by atoms with Crippen molar-refractivity contribution in [3.8, 4) is 17.1 Å². The first kappa shape index (κ1) is 24.8. The second-order valence-corrected chi connectivity index (χ2v) is 9.05. The van der Waals surface area contributed by atoms with Gasteiger partial charge in [0.25, 0.3) is 0 Å².